The average Bonchev–Trinajstić information content (AvgIpc) is 3.29. The van der Waals surface area contributed by atoms with Crippen LogP contribution in [-0.2, 0) is 20.9 Å². The smallest absolute Gasteiger partial charge is 0.326 e. The van der Waals surface area contributed by atoms with E-state index in [2.05, 4.69) is 5.32 Å². The van der Waals surface area contributed by atoms with Crippen LogP contribution in [0.4, 0.5) is 0 Å². The minimum atomic E-state index is -1.04. The molecule has 1 heterocycles. The van der Waals surface area contributed by atoms with Crippen LogP contribution in [-0.4, -0.2) is 65.5 Å². The number of benzene rings is 2. The molecule has 2 amide bonds. The Balaban J connectivity index is 1.81. The number of carbonyl (C=O) groups excluding carboxylic acids is 2. The number of rotatable bonds is 12. The molecule has 0 aliphatic carbocycles. The summed E-state index contributed by atoms with van der Waals surface area (Å²) < 4.78 is 5.92. The van der Waals surface area contributed by atoms with E-state index in [0.29, 0.717) is 31.0 Å². The van der Waals surface area contributed by atoms with Crippen molar-refractivity contribution in [1.29, 1.82) is 0 Å². The number of nitrogens with zero attached hydrogens (tertiary/aromatic N) is 1. The molecule has 34 heavy (non-hydrogen) atoms. The summed E-state index contributed by atoms with van der Waals surface area (Å²) in [6.07, 6.45) is 5.07. The highest BCUT2D eigenvalue weighted by Crippen LogP contribution is 2.29. The van der Waals surface area contributed by atoms with Gasteiger partial charge in [0.05, 0.1) is 19.3 Å². The lowest BCUT2D eigenvalue weighted by molar-refractivity contribution is -0.139. The first-order chi connectivity index (χ1) is 16.4. The lowest BCUT2D eigenvalue weighted by Crippen LogP contribution is -2.41. The van der Waals surface area contributed by atoms with Crippen LogP contribution in [0.3, 0.4) is 0 Å². The molecule has 2 aromatic rings. The van der Waals surface area contributed by atoms with Crippen LogP contribution < -0.4 is 5.32 Å². The summed E-state index contributed by atoms with van der Waals surface area (Å²) in [5.41, 5.74) is 3.99. The Hall–Kier alpha value is -2.84. The van der Waals surface area contributed by atoms with Gasteiger partial charge >= 0.3 is 5.97 Å². The van der Waals surface area contributed by atoms with E-state index in [9.17, 15) is 19.5 Å². The van der Waals surface area contributed by atoms with E-state index in [1.807, 2.05) is 49.6 Å². The van der Waals surface area contributed by atoms with Gasteiger partial charge in [-0.25, -0.2) is 4.79 Å². The molecule has 3 rings (SSSR count). The molecular formula is C26H32N2O5S. The summed E-state index contributed by atoms with van der Waals surface area (Å²) >= 11 is 1.54. The summed E-state index contributed by atoms with van der Waals surface area (Å²) in [7, 11) is 0. The van der Waals surface area contributed by atoms with E-state index in [1.165, 1.54) is 0 Å². The van der Waals surface area contributed by atoms with Crippen LogP contribution in [0, 0.1) is 6.92 Å². The van der Waals surface area contributed by atoms with Crippen molar-refractivity contribution >= 4 is 30.0 Å². The fourth-order valence-electron chi connectivity index (χ4n) is 4.19. The number of aryl methyl sites for hydroxylation is 1. The summed E-state index contributed by atoms with van der Waals surface area (Å²) in [4.78, 5) is 37.7. The fourth-order valence-corrected chi connectivity index (χ4v) is 4.67. The van der Waals surface area contributed by atoms with E-state index in [0.717, 1.165) is 48.1 Å². The molecule has 2 aromatic carbocycles. The van der Waals surface area contributed by atoms with E-state index in [1.54, 1.807) is 22.7 Å². The molecule has 7 nitrogen and oxygen atoms in total. The molecule has 0 spiro atoms. The molecule has 2 atom stereocenters. The van der Waals surface area contributed by atoms with E-state index >= 15 is 0 Å². The van der Waals surface area contributed by atoms with Gasteiger partial charge in [-0.15, -0.1) is 0 Å². The summed E-state index contributed by atoms with van der Waals surface area (Å²) in [6, 6.07) is 12.4. The molecule has 0 radical (unpaired) electrons. The van der Waals surface area contributed by atoms with Crippen LogP contribution in [0.15, 0.2) is 42.5 Å². The topological polar surface area (TPSA) is 95.9 Å². The van der Waals surface area contributed by atoms with E-state index in [4.69, 9.17) is 4.74 Å². The quantitative estimate of drug-likeness (QED) is 0.446. The Morgan fingerprint density at radius 2 is 2.06 bits per heavy atom. The number of thioether (sulfide) groups is 1. The third-order valence-electron chi connectivity index (χ3n) is 6.11. The Bertz CT molecular complexity index is 1010. The van der Waals surface area contributed by atoms with Crippen LogP contribution in [0.5, 0.6) is 0 Å². The molecule has 0 aromatic heterocycles. The van der Waals surface area contributed by atoms with Crippen LogP contribution in [0.1, 0.15) is 40.7 Å². The number of amides is 2. The Labute approximate surface area is 204 Å². The van der Waals surface area contributed by atoms with Gasteiger partial charge in [0.15, 0.2) is 0 Å². The molecule has 8 heteroatoms. The largest absolute Gasteiger partial charge is 0.480 e. The Morgan fingerprint density at radius 1 is 1.26 bits per heavy atom. The fraction of sp³-hybridized carbons (Fsp3) is 0.423. The van der Waals surface area contributed by atoms with Crippen molar-refractivity contribution in [2.24, 2.45) is 0 Å². The van der Waals surface area contributed by atoms with Crippen molar-refractivity contribution in [3.05, 3.63) is 59.2 Å². The van der Waals surface area contributed by atoms with Crippen molar-refractivity contribution in [2.45, 2.75) is 44.9 Å². The van der Waals surface area contributed by atoms with Gasteiger partial charge in [-0.2, -0.15) is 11.8 Å². The number of hydrogen-bond donors (Lipinski definition) is 2. The number of likely N-dealkylation sites (tertiary alicyclic amines) is 1. The first kappa shape index (κ1) is 25.8. The monoisotopic (exact) mass is 484 g/mol. The molecule has 182 valence electrons. The van der Waals surface area contributed by atoms with E-state index < -0.39 is 17.9 Å². The molecule has 1 saturated heterocycles. The second-order valence-electron chi connectivity index (χ2n) is 8.50. The molecule has 2 N–H and O–H groups in total. The summed E-state index contributed by atoms with van der Waals surface area (Å²) in [5.74, 6) is -0.811. The number of carboxylic acids is 1. The van der Waals surface area contributed by atoms with Crippen molar-refractivity contribution in [3.8, 4) is 11.1 Å². The second-order valence-corrected chi connectivity index (χ2v) is 9.48. The Morgan fingerprint density at radius 3 is 2.76 bits per heavy atom. The van der Waals surface area contributed by atoms with Gasteiger partial charge in [-0.3, -0.25) is 9.59 Å². The normalized spacial score (nSPS) is 16.3. The van der Waals surface area contributed by atoms with Crippen molar-refractivity contribution < 1.29 is 24.2 Å². The number of nitrogens with one attached hydrogen (secondary N) is 1. The Kier molecular flexibility index (Phi) is 9.53. The van der Waals surface area contributed by atoms with Gasteiger partial charge in [0, 0.05) is 12.1 Å². The molecular weight excluding hydrogens is 452 g/mol. The zero-order valence-corrected chi connectivity index (χ0v) is 20.5. The zero-order valence-electron chi connectivity index (χ0n) is 19.7. The predicted molar refractivity (Wildman–Crippen MR) is 134 cm³/mol. The van der Waals surface area contributed by atoms with Gasteiger partial charge < -0.3 is 20.1 Å². The highest BCUT2D eigenvalue weighted by atomic mass is 32.2. The van der Waals surface area contributed by atoms with Crippen molar-refractivity contribution in [2.75, 3.05) is 25.2 Å². The second kappa shape index (κ2) is 12.6. The lowest BCUT2D eigenvalue weighted by Gasteiger charge is -2.20. The standard InChI is InChI=1S/C26H32N2O5S/c1-18-6-3-4-8-21(18)23-14-19(15-33-16-20-7-5-12-28(20)17-29)9-10-22(23)25(30)27-24(26(31)32)11-13-34-2/h3-4,6,8-10,14,17,20,24H,5,7,11-13,15-16H2,1-2H3,(H,27,30)(H,31,32). The minimum Gasteiger partial charge on any atom is -0.480 e. The van der Waals surface area contributed by atoms with Gasteiger partial charge in [0.1, 0.15) is 6.04 Å². The van der Waals surface area contributed by atoms with Crippen LogP contribution >= 0.6 is 11.8 Å². The third-order valence-corrected chi connectivity index (χ3v) is 6.76. The SMILES string of the molecule is CSCCC(NC(=O)c1ccc(COCC2CCCN2C=O)cc1-c1ccccc1C)C(=O)O. The minimum absolute atomic E-state index is 0.104. The number of hydrogen-bond acceptors (Lipinski definition) is 5. The summed E-state index contributed by atoms with van der Waals surface area (Å²) in [6.45, 7) is 3.58. The average molecular weight is 485 g/mol. The van der Waals surface area contributed by atoms with Crippen molar-refractivity contribution in [1.82, 2.24) is 10.2 Å². The first-order valence-corrected chi connectivity index (χ1v) is 12.8. The number of ether oxygens (including phenoxy) is 1. The van der Waals surface area contributed by atoms with Gasteiger partial charge in [0.25, 0.3) is 5.91 Å². The maximum atomic E-state index is 13.1. The highest BCUT2D eigenvalue weighted by molar-refractivity contribution is 7.98. The number of carboxylic acid groups (broad SMARTS) is 1. The lowest BCUT2D eigenvalue weighted by atomic mass is 9.93. The zero-order chi connectivity index (χ0) is 24.5. The van der Waals surface area contributed by atoms with Crippen molar-refractivity contribution in [3.63, 3.8) is 0 Å². The number of aliphatic carboxylic acids is 1. The third kappa shape index (κ3) is 6.61. The molecule has 1 aliphatic heterocycles. The maximum Gasteiger partial charge on any atom is 0.326 e. The first-order valence-electron chi connectivity index (χ1n) is 11.4. The molecule has 1 aliphatic rings. The van der Waals surface area contributed by atoms with Crippen LogP contribution in [0.2, 0.25) is 0 Å². The highest BCUT2D eigenvalue weighted by Gasteiger charge is 2.24. The molecule has 0 saturated carbocycles. The predicted octanol–water partition coefficient (Wildman–Crippen LogP) is 3.74. The summed E-state index contributed by atoms with van der Waals surface area (Å²) in [5, 5.41) is 12.2. The molecule has 1 fully saturated rings. The van der Waals surface area contributed by atoms with Gasteiger partial charge in [0.2, 0.25) is 6.41 Å². The van der Waals surface area contributed by atoms with Crippen LogP contribution in [0.25, 0.3) is 11.1 Å². The van der Waals surface area contributed by atoms with Gasteiger partial charge in [-0.1, -0.05) is 30.3 Å². The maximum absolute atomic E-state index is 13.1. The molecule has 2 unspecified atom stereocenters. The van der Waals surface area contributed by atoms with E-state index in [-0.39, 0.29) is 6.04 Å². The number of carbonyl (C=O) groups is 3. The molecule has 0 bridgehead atoms. The van der Waals surface area contributed by atoms with Gasteiger partial charge in [-0.05, 0) is 72.6 Å².